The summed E-state index contributed by atoms with van der Waals surface area (Å²) in [6, 6.07) is -0.821. The predicted molar refractivity (Wildman–Crippen MR) is 309 cm³/mol. The van der Waals surface area contributed by atoms with Crippen LogP contribution in [0.3, 0.4) is 0 Å². The molecule has 0 aliphatic carbocycles. The minimum Gasteiger partial charge on any atom is -0.394 e. The molecular formula is C63H119NO13. The van der Waals surface area contributed by atoms with Crippen LogP contribution in [0.25, 0.3) is 0 Å². The third-order valence-corrected chi connectivity index (χ3v) is 15.9. The number of rotatable bonds is 52. The van der Waals surface area contributed by atoms with E-state index in [9.17, 15) is 45.6 Å². The lowest BCUT2D eigenvalue weighted by molar-refractivity contribution is -0.359. The van der Waals surface area contributed by atoms with Gasteiger partial charge in [0.25, 0.3) is 0 Å². The van der Waals surface area contributed by atoms with Gasteiger partial charge in [-0.25, -0.2) is 0 Å². The molecule has 0 aromatic rings. The van der Waals surface area contributed by atoms with Gasteiger partial charge in [-0.2, -0.15) is 0 Å². The van der Waals surface area contributed by atoms with Gasteiger partial charge in [-0.05, 0) is 44.9 Å². The molecule has 2 fully saturated rings. The van der Waals surface area contributed by atoms with Crippen molar-refractivity contribution in [2.45, 2.75) is 351 Å². The first-order chi connectivity index (χ1) is 37.6. The molecule has 454 valence electrons. The van der Waals surface area contributed by atoms with Crippen LogP contribution in [-0.2, 0) is 23.7 Å². The molecule has 2 rings (SSSR count). The highest BCUT2D eigenvalue weighted by atomic mass is 16.7. The number of allylic oxidation sites excluding steroid dienone is 4. The molecule has 0 saturated carbocycles. The number of carbonyl (C=O) groups excluding carboxylic acids is 1. The maximum atomic E-state index is 13.1. The molecule has 0 radical (unpaired) electrons. The van der Waals surface area contributed by atoms with Crippen LogP contribution in [0.1, 0.15) is 277 Å². The average molecular weight is 1100 g/mol. The molecule has 2 heterocycles. The van der Waals surface area contributed by atoms with Gasteiger partial charge in [0, 0.05) is 6.42 Å². The van der Waals surface area contributed by atoms with E-state index in [1.807, 2.05) is 0 Å². The first kappa shape index (κ1) is 71.6. The Bertz CT molecular complexity index is 1390. The molecule has 1 amide bonds. The van der Waals surface area contributed by atoms with E-state index in [2.05, 4.69) is 43.5 Å². The van der Waals surface area contributed by atoms with Gasteiger partial charge in [0.1, 0.15) is 48.8 Å². The van der Waals surface area contributed by atoms with Crippen LogP contribution in [0, 0.1) is 0 Å². The Labute approximate surface area is 468 Å². The topological polar surface area (TPSA) is 228 Å². The Morgan fingerprint density at radius 2 is 0.857 bits per heavy atom. The van der Waals surface area contributed by atoms with Crippen molar-refractivity contribution >= 4 is 5.91 Å². The normalized spacial score (nSPS) is 24.8. The summed E-state index contributed by atoms with van der Waals surface area (Å²) < 4.78 is 22.6. The number of carbonyl (C=O) groups is 1. The molecule has 0 spiro atoms. The summed E-state index contributed by atoms with van der Waals surface area (Å²) >= 11 is 0. The molecule has 0 bridgehead atoms. The number of nitrogens with one attached hydrogen (secondary N) is 1. The Morgan fingerprint density at radius 3 is 1.30 bits per heavy atom. The number of hydrogen-bond acceptors (Lipinski definition) is 13. The Kier molecular flexibility index (Phi) is 45.7. The summed E-state index contributed by atoms with van der Waals surface area (Å²) in [5.74, 6) is -0.211. The molecule has 0 aromatic carbocycles. The van der Waals surface area contributed by atoms with Crippen LogP contribution >= 0.6 is 0 Å². The van der Waals surface area contributed by atoms with E-state index in [4.69, 9.17) is 18.9 Å². The Balaban J connectivity index is 1.44. The lowest BCUT2D eigenvalue weighted by atomic mass is 9.97. The van der Waals surface area contributed by atoms with Crippen molar-refractivity contribution < 1.29 is 64.6 Å². The standard InChI is InChI=1S/C63H119NO13/c1-3-5-7-9-10-11-12-13-14-15-16-17-18-19-20-21-22-23-24-25-26-27-28-29-30-31-32-33-34-35-36-37-38-39-40-41-42-43-45-47-55(68)64-51(52(67)46-44-8-6-4-2)50-74-62-60(73)58(71)61(54(49-66)76-62)77-63-59(72)57(70)56(69)53(48-65)75-63/h12-13,15-16,51-54,56-63,65-67,69-73H,3-11,14,17-50H2,1-2H3,(H,64,68)/b13-12-,16-15-. The van der Waals surface area contributed by atoms with Crippen LogP contribution in [0.4, 0.5) is 0 Å². The van der Waals surface area contributed by atoms with Crippen molar-refractivity contribution in [3.05, 3.63) is 24.3 Å². The van der Waals surface area contributed by atoms with Crippen LogP contribution in [0.5, 0.6) is 0 Å². The van der Waals surface area contributed by atoms with Crippen molar-refractivity contribution in [3.8, 4) is 0 Å². The highest BCUT2D eigenvalue weighted by molar-refractivity contribution is 5.76. The number of amides is 1. The molecule has 2 aliphatic rings. The summed E-state index contributed by atoms with van der Waals surface area (Å²) in [5.41, 5.74) is 0. The molecule has 12 atom stereocenters. The second-order valence-electron chi connectivity index (χ2n) is 22.9. The molecule has 9 N–H and O–H groups in total. The second kappa shape index (κ2) is 49.1. The minimum atomic E-state index is -1.78. The van der Waals surface area contributed by atoms with E-state index in [1.54, 1.807) is 0 Å². The smallest absolute Gasteiger partial charge is 0.220 e. The lowest BCUT2D eigenvalue weighted by Gasteiger charge is -2.46. The fourth-order valence-electron chi connectivity index (χ4n) is 10.7. The summed E-state index contributed by atoms with van der Waals surface area (Å²) in [7, 11) is 0. The molecule has 14 nitrogen and oxygen atoms in total. The molecule has 0 aromatic heterocycles. The van der Waals surface area contributed by atoms with E-state index in [0.29, 0.717) is 12.8 Å². The number of aliphatic hydroxyl groups is 8. The Hall–Kier alpha value is -1.53. The minimum absolute atomic E-state index is 0.211. The van der Waals surface area contributed by atoms with Gasteiger partial charge in [-0.1, -0.05) is 250 Å². The lowest BCUT2D eigenvalue weighted by Crippen LogP contribution is -2.65. The summed E-state index contributed by atoms with van der Waals surface area (Å²) in [6.45, 7) is 2.73. The van der Waals surface area contributed by atoms with Crippen molar-refractivity contribution in [3.63, 3.8) is 0 Å². The van der Waals surface area contributed by atoms with Crippen LogP contribution in [0.2, 0.25) is 0 Å². The third-order valence-electron chi connectivity index (χ3n) is 15.9. The monoisotopic (exact) mass is 1100 g/mol. The fraction of sp³-hybridized carbons (Fsp3) is 0.921. The predicted octanol–water partition coefficient (Wildman–Crippen LogP) is 11.6. The van der Waals surface area contributed by atoms with Gasteiger partial charge in [0.15, 0.2) is 12.6 Å². The third kappa shape index (κ3) is 34.5. The number of hydrogen-bond donors (Lipinski definition) is 9. The van der Waals surface area contributed by atoms with E-state index in [0.717, 1.165) is 57.8 Å². The van der Waals surface area contributed by atoms with Crippen molar-refractivity contribution in [2.75, 3.05) is 19.8 Å². The highest BCUT2D eigenvalue weighted by Crippen LogP contribution is 2.30. The van der Waals surface area contributed by atoms with E-state index >= 15 is 0 Å². The zero-order valence-electron chi connectivity index (χ0n) is 49.0. The Morgan fingerprint density at radius 1 is 0.468 bits per heavy atom. The average Bonchev–Trinajstić information content (AvgIpc) is 3.43. The molecule has 14 heteroatoms. The number of aliphatic hydroxyl groups excluding tert-OH is 8. The van der Waals surface area contributed by atoms with Crippen LogP contribution < -0.4 is 5.32 Å². The summed E-state index contributed by atoms with van der Waals surface area (Å²) in [4.78, 5) is 13.1. The largest absolute Gasteiger partial charge is 0.394 e. The molecule has 2 aliphatic heterocycles. The SMILES string of the molecule is CCCCCCC/C=C\C/C=C\CCCCCCCCCCCCCCCCCCCCCCCCCCCCCC(=O)NC(COC1OC(CO)C(OC2OC(CO)C(O)C(O)C2O)C(O)C1O)C(O)CCCCCC. The zero-order chi connectivity index (χ0) is 56.0. The maximum Gasteiger partial charge on any atom is 0.220 e. The van der Waals surface area contributed by atoms with Crippen LogP contribution in [0.15, 0.2) is 24.3 Å². The highest BCUT2D eigenvalue weighted by Gasteiger charge is 2.51. The molecule has 77 heavy (non-hydrogen) atoms. The van der Waals surface area contributed by atoms with Gasteiger partial charge < -0.3 is 65.1 Å². The van der Waals surface area contributed by atoms with Gasteiger partial charge in [-0.15, -0.1) is 0 Å². The molecule has 2 saturated heterocycles. The van der Waals surface area contributed by atoms with Gasteiger partial charge in [0.2, 0.25) is 5.91 Å². The first-order valence-corrected chi connectivity index (χ1v) is 32.1. The number of ether oxygens (including phenoxy) is 4. The van der Waals surface area contributed by atoms with E-state index in [1.165, 1.54) is 193 Å². The zero-order valence-corrected chi connectivity index (χ0v) is 49.0. The van der Waals surface area contributed by atoms with Crippen molar-refractivity contribution in [1.82, 2.24) is 5.32 Å². The first-order valence-electron chi connectivity index (χ1n) is 32.1. The van der Waals surface area contributed by atoms with Gasteiger partial charge >= 0.3 is 0 Å². The van der Waals surface area contributed by atoms with Crippen molar-refractivity contribution in [2.24, 2.45) is 0 Å². The van der Waals surface area contributed by atoms with Crippen LogP contribution in [-0.4, -0.2) is 140 Å². The van der Waals surface area contributed by atoms with Gasteiger partial charge in [-0.3, -0.25) is 4.79 Å². The van der Waals surface area contributed by atoms with Gasteiger partial charge in [0.05, 0.1) is 32.0 Å². The maximum absolute atomic E-state index is 13.1. The quantitative estimate of drug-likeness (QED) is 0.0204. The summed E-state index contributed by atoms with van der Waals surface area (Å²) in [6.07, 6.45) is 43.3. The van der Waals surface area contributed by atoms with E-state index in [-0.39, 0.29) is 12.5 Å². The summed E-state index contributed by atoms with van der Waals surface area (Å²) in [5, 5.41) is 86.4. The molecular weight excluding hydrogens is 979 g/mol. The molecule has 12 unspecified atom stereocenters. The second-order valence-corrected chi connectivity index (χ2v) is 22.9. The fourth-order valence-corrected chi connectivity index (χ4v) is 10.7. The van der Waals surface area contributed by atoms with E-state index < -0.39 is 86.8 Å². The van der Waals surface area contributed by atoms with Crippen molar-refractivity contribution in [1.29, 1.82) is 0 Å². The number of unbranched alkanes of at least 4 members (excludes halogenated alkanes) is 35.